The van der Waals surface area contributed by atoms with Crippen molar-refractivity contribution >= 4 is 113 Å². The monoisotopic (exact) mass is 682 g/mol. The molecule has 0 N–H and O–H groups in total. The van der Waals surface area contributed by atoms with E-state index in [4.69, 9.17) is 0 Å². The molecule has 4 aromatic heterocycles. The van der Waals surface area contributed by atoms with Crippen LogP contribution < -0.4 is 0 Å². The van der Waals surface area contributed by atoms with Crippen molar-refractivity contribution in [2.24, 2.45) is 0 Å². The first-order valence-corrected chi connectivity index (χ1v) is 19.6. The Morgan fingerprint density at radius 2 is 1.15 bits per heavy atom. The molecule has 1 aliphatic carbocycles. The van der Waals surface area contributed by atoms with Crippen molar-refractivity contribution in [3.05, 3.63) is 138 Å². The van der Waals surface area contributed by atoms with E-state index in [9.17, 15) is 0 Å². The summed E-state index contributed by atoms with van der Waals surface area (Å²) in [5.41, 5.74) is 5.45. The molecule has 0 fully saturated rings. The van der Waals surface area contributed by atoms with Crippen LogP contribution in [0.3, 0.4) is 0 Å². The normalized spacial score (nSPS) is 13.2. The van der Waals surface area contributed by atoms with E-state index >= 15 is 0 Å². The summed E-state index contributed by atoms with van der Waals surface area (Å²) in [6, 6.07) is 45.9. The second-order valence-electron chi connectivity index (χ2n) is 12.7. The Hall–Kier alpha value is -4.58. The van der Waals surface area contributed by atoms with Gasteiger partial charge in [0, 0.05) is 71.0 Å². The molecule has 11 rings (SSSR count). The van der Waals surface area contributed by atoms with Gasteiger partial charge in [0.25, 0.3) is 0 Å². The van der Waals surface area contributed by atoms with Gasteiger partial charge < -0.3 is 0 Å². The van der Waals surface area contributed by atoms with E-state index in [1.165, 1.54) is 104 Å². The maximum absolute atomic E-state index is 2.50. The van der Waals surface area contributed by atoms with E-state index < -0.39 is 0 Å². The Morgan fingerprint density at radius 1 is 0.458 bits per heavy atom. The molecule has 0 spiro atoms. The van der Waals surface area contributed by atoms with Gasteiger partial charge in [-0.05, 0) is 94.1 Å². The number of aryl methyl sites for hydroxylation is 1. The number of allylic oxidation sites excluding steroid dienone is 1. The zero-order valence-corrected chi connectivity index (χ0v) is 29.0. The number of hydrogen-bond acceptors (Lipinski definition) is 4. The van der Waals surface area contributed by atoms with Crippen molar-refractivity contribution in [3.63, 3.8) is 0 Å². The minimum Gasteiger partial charge on any atom is -0.136 e. The van der Waals surface area contributed by atoms with Crippen LogP contribution >= 0.6 is 45.3 Å². The van der Waals surface area contributed by atoms with E-state index in [1.54, 1.807) is 0 Å². The first-order chi connectivity index (χ1) is 23.8. The van der Waals surface area contributed by atoms with E-state index in [0.29, 0.717) is 0 Å². The Morgan fingerprint density at radius 3 is 1.94 bits per heavy atom. The third-order valence-corrected chi connectivity index (χ3v) is 14.6. The van der Waals surface area contributed by atoms with Crippen molar-refractivity contribution in [2.75, 3.05) is 0 Å². The molecule has 0 nitrogen and oxygen atoms in total. The third-order valence-electron chi connectivity index (χ3n) is 9.94. The molecular formula is C44H26S4. The summed E-state index contributed by atoms with van der Waals surface area (Å²) in [6.07, 6.45) is 6.92. The lowest BCUT2D eigenvalue weighted by Crippen LogP contribution is -1.89. The van der Waals surface area contributed by atoms with Gasteiger partial charge in [-0.25, -0.2) is 0 Å². The molecule has 6 aromatic carbocycles. The molecule has 226 valence electrons. The summed E-state index contributed by atoms with van der Waals surface area (Å²) in [5.74, 6) is 0. The van der Waals surface area contributed by atoms with Crippen LogP contribution in [0.4, 0.5) is 0 Å². The van der Waals surface area contributed by atoms with Crippen LogP contribution in [0.2, 0.25) is 0 Å². The van der Waals surface area contributed by atoms with Crippen LogP contribution in [-0.2, 0) is 6.42 Å². The summed E-state index contributed by atoms with van der Waals surface area (Å²) >= 11 is 7.70. The molecule has 0 saturated heterocycles. The van der Waals surface area contributed by atoms with Crippen LogP contribution in [0.15, 0.2) is 127 Å². The molecule has 0 aliphatic heterocycles. The van der Waals surface area contributed by atoms with Crippen molar-refractivity contribution in [1.29, 1.82) is 0 Å². The fourth-order valence-electron chi connectivity index (χ4n) is 7.72. The van der Waals surface area contributed by atoms with Crippen molar-refractivity contribution in [3.8, 4) is 31.3 Å². The van der Waals surface area contributed by atoms with Gasteiger partial charge in [0.1, 0.15) is 0 Å². The predicted octanol–water partition coefficient (Wildman–Crippen LogP) is 14.8. The van der Waals surface area contributed by atoms with Gasteiger partial charge in [0.05, 0.1) is 0 Å². The summed E-state index contributed by atoms with van der Waals surface area (Å²) in [5, 5.41) is 10.8. The van der Waals surface area contributed by atoms with Gasteiger partial charge in [0.2, 0.25) is 0 Å². The number of benzene rings is 6. The highest BCUT2D eigenvalue weighted by atomic mass is 32.1. The average molecular weight is 683 g/mol. The lowest BCUT2D eigenvalue weighted by atomic mass is 9.88. The van der Waals surface area contributed by atoms with E-state index in [-0.39, 0.29) is 0 Å². The zero-order chi connectivity index (χ0) is 31.3. The van der Waals surface area contributed by atoms with Gasteiger partial charge >= 0.3 is 0 Å². The van der Waals surface area contributed by atoms with E-state index in [0.717, 1.165) is 12.8 Å². The lowest BCUT2D eigenvalue weighted by Gasteiger charge is -2.16. The Labute approximate surface area is 293 Å². The van der Waals surface area contributed by atoms with E-state index in [1.807, 2.05) is 45.3 Å². The molecule has 0 radical (unpaired) electrons. The summed E-state index contributed by atoms with van der Waals surface area (Å²) in [6.45, 7) is 0. The highest BCUT2D eigenvalue weighted by Crippen LogP contribution is 2.52. The average Bonchev–Trinajstić information content (AvgIpc) is 3.93. The molecule has 0 saturated carbocycles. The Kier molecular flexibility index (Phi) is 5.97. The Balaban J connectivity index is 1.33. The number of hydrogen-bond donors (Lipinski definition) is 0. The highest BCUT2D eigenvalue weighted by molar-refractivity contribution is 7.27. The van der Waals surface area contributed by atoms with Crippen LogP contribution in [-0.4, -0.2) is 0 Å². The van der Waals surface area contributed by atoms with Crippen LogP contribution in [0.5, 0.6) is 0 Å². The van der Waals surface area contributed by atoms with Gasteiger partial charge in [0.15, 0.2) is 0 Å². The third kappa shape index (κ3) is 4.04. The second-order valence-corrected chi connectivity index (χ2v) is 17.0. The minimum absolute atomic E-state index is 1.12. The highest BCUT2D eigenvalue weighted by Gasteiger charge is 2.23. The molecule has 48 heavy (non-hydrogen) atoms. The molecular weight excluding hydrogens is 657 g/mol. The summed E-state index contributed by atoms with van der Waals surface area (Å²) in [4.78, 5) is 5.43. The minimum atomic E-state index is 1.12. The summed E-state index contributed by atoms with van der Waals surface area (Å²) < 4.78 is 5.40. The van der Waals surface area contributed by atoms with Gasteiger partial charge in [-0.3, -0.25) is 0 Å². The molecule has 0 bridgehead atoms. The molecule has 4 heteroatoms. The first kappa shape index (κ1) is 27.4. The standard InChI is InChI=1S/C44H26S4/c1-5-13-34-25(9-1)22-38(45-34)28-17-18-29-33(21-28)41-31(39-23-26-10-2-6-14-35(26)46-39)19-20-32(40-24-27-11-3-7-15-36(27)47-40)42(41)43-30-12-4-8-16-37(30)48-44(29)43/h1-2,4-10,12-24H,3,11H2. The second kappa shape index (κ2) is 10.5. The maximum atomic E-state index is 2.50. The number of fused-ring (bicyclic) bond motifs is 11. The largest absolute Gasteiger partial charge is 0.136 e. The fourth-order valence-corrected chi connectivity index (χ4v) is 12.3. The lowest BCUT2D eigenvalue weighted by molar-refractivity contribution is 0.997. The molecule has 0 atom stereocenters. The maximum Gasteiger partial charge on any atom is 0.0440 e. The fraction of sp³-hybridized carbons (Fsp3) is 0.0455. The summed E-state index contributed by atoms with van der Waals surface area (Å²) in [7, 11) is 0. The van der Waals surface area contributed by atoms with Gasteiger partial charge in [-0.2, -0.15) is 0 Å². The molecule has 10 aromatic rings. The van der Waals surface area contributed by atoms with Crippen LogP contribution in [0.1, 0.15) is 16.9 Å². The molecule has 4 heterocycles. The topological polar surface area (TPSA) is 0 Å². The zero-order valence-electron chi connectivity index (χ0n) is 25.7. The number of rotatable bonds is 3. The number of thiophene rings is 4. The molecule has 1 aliphatic rings. The van der Waals surface area contributed by atoms with Gasteiger partial charge in [-0.1, -0.05) is 84.9 Å². The van der Waals surface area contributed by atoms with Crippen molar-refractivity contribution < 1.29 is 0 Å². The van der Waals surface area contributed by atoms with Gasteiger partial charge in [-0.15, -0.1) is 45.3 Å². The van der Waals surface area contributed by atoms with Crippen molar-refractivity contribution in [1.82, 2.24) is 0 Å². The van der Waals surface area contributed by atoms with Crippen molar-refractivity contribution in [2.45, 2.75) is 12.8 Å². The van der Waals surface area contributed by atoms with E-state index in [2.05, 4.69) is 133 Å². The SMILES string of the molecule is C1=Cc2sc(-c3ccc(-c4cc5ccccc5s4)c4c5cc(-c6cc7ccccc7s6)ccc5c5sc6ccccc6c5c34)cc2CC1. The van der Waals surface area contributed by atoms with Crippen LogP contribution in [0.25, 0.3) is 99.3 Å². The molecule has 0 amide bonds. The predicted molar refractivity (Wildman–Crippen MR) is 217 cm³/mol. The van der Waals surface area contributed by atoms with Crippen LogP contribution in [0, 0.1) is 0 Å². The molecule has 0 unspecified atom stereocenters. The smallest absolute Gasteiger partial charge is 0.0440 e. The quantitative estimate of drug-likeness (QED) is 0.163. The first-order valence-electron chi connectivity index (χ1n) is 16.4. The Bertz CT molecular complexity index is 2890.